The Morgan fingerprint density at radius 2 is 2.07 bits per heavy atom. The first-order chi connectivity index (χ1) is 13.0. The van der Waals surface area contributed by atoms with Crippen molar-refractivity contribution >= 4 is 23.5 Å². The smallest absolute Gasteiger partial charge is 0.409 e. The van der Waals surface area contributed by atoms with Gasteiger partial charge >= 0.3 is 6.09 Å². The van der Waals surface area contributed by atoms with Gasteiger partial charge in [0.1, 0.15) is 17.5 Å². The molecule has 2 heterocycles. The molecule has 27 heavy (non-hydrogen) atoms. The van der Waals surface area contributed by atoms with E-state index in [1.54, 1.807) is 24.1 Å². The third-order valence-corrected chi connectivity index (χ3v) is 4.20. The average molecular weight is 377 g/mol. The van der Waals surface area contributed by atoms with Crippen LogP contribution in [0, 0.1) is 11.6 Å². The number of benzene rings is 1. The highest BCUT2D eigenvalue weighted by atomic mass is 19.1. The quantitative estimate of drug-likeness (QED) is 0.830. The van der Waals surface area contributed by atoms with Crippen LogP contribution in [0.25, 0.3) is 0 Å². The predicted molar refractivity (Wildman–Crippen MR) is 96.9 cm³/mol. The van der Waals surface area contributed by atoms with Crippen molar-refractivity contribution in [3.05, 3.63) is 42.1 Å². The second kappa shape index (κ2) is 8.61. The Morgan fingerprint density at radius 1 is 1.30 bits per heavy atom. The first-order valence-corrected chi connectivity index (χ1v) is 8.78. The Kier molecular flexibility index (Phi) is 6.00. The molecule has 9 heteroatoms. The minimum atomic E-state index is -0.700. The maximum atomic E-state index is 13.8. The standard InChI is InChI=1S/C18H21F2N5O2/c1-2-27-18(26)25-9-6-13(7-10-25)22-17-21-8-5-16(24-17)23-15-4-3-12(19)11-14(15)20/h3-5,8,11,13H,2,6-7,9-10H2,1H3,(H2,21,22,23,24). The van der Waals surface area contributed by atoms with E-state index in [-0.39, 0.29) is 17.8 Å². The summed E-state index contributed by atoms with van der Waals surface area (Å²) in [6.07, 6.45) is 2.74. The van der Waals surface area contributed by atoms with E-state index in [4.69, 9.17) is 4.74 Å². The lowest BCUT2D eigenvalue weighted by Crippen LogP contribution is -2.42. The number of piperidine rings is 1. The summed E-state index contributed by atoms with van der Waals surface area (Å²) >= 11 is 0. The number of anilines is 3. The maximum Gasteiger partial charge on any atom is 0.409 e. The monoisotopic (exact) mass is 377 g/mol. The number of aromatic nitrogens is 2. The van der Waals surface area contributed by atoms with E-state index < -0.39 is 11.6 Å². The number of carbonyl (C=O) groups excluding carboxylic acids is 1. The van der Waals surface area contributed by atoms with Crippen molar-refractivity contribution in [2.24, 2.45) is 0 Å². The molecule has 0 unspecified atom stereocenters. The van der Waals surface area contributed by atoms with Crippen LogP contribution in [-0.4, -0.2) is 46.7 Å². The van der Waals surface area contributed by atoms with E-state index in [1.807, 2.05) is 0 Å². The Morgan fingerprint density at radius 3 is 2.78 bits per heavy atom. The van der Waals surface area contributed by atoms with Gasteiger partial charge in [-0.15, -0.1) is 0 Å². The number of amides is 1. The van der Waals surface area contributed by atoms with Gasteiger partial charge < -0.3 is 20.3 Å². The van der Waals surface area contributed by atoms with Crippen LogP contribution in [0.1, 0.15) is 19.8 Å². The number of likely N-dealkylation sites (tertiary alicyclic amines) is 1. The highest BCUT2D eigenvalue weighted by Crippen LogP contribution is 2.21. The van der Waals surface area contributed by atoms with Gasteiger partial charge in [0.2, 0.25) is 5.95 Å². The Labute approximate surface area is 155 Å². The number of hydrogen-bond acceptors (Lipinski definition) is 6. The van der Waals surface area contributed by atoms with Gasteiger partial charge in [0.15, 0.2) is 0 Å². The third-order valence-electron chi connectivity index (χ3n) is 4.20. The Balaban J connectivity index is 1.57. The number of nitrogens with zero attached hydrogens (tertiary/aromatic N) is 3. The first-order valence-electron chi connectivity index (χ1n) is 8.78. The number of halogens is 2. The normalized spacial score (nSPS) is 14.7. The average Bonchev–Trinajstić information content (AvgIpc) is 2.65. The Hall–Kier alpha value is -2.97. The highest BCUT2D eigenvalue weighted by molar-refractivity contribution is 5.67. The number of rotatable bonds is 5. The minimum absolute atomic E-state index is 0.119. The fourth-order valence-corrected chi connectivity index (χ4v) is 2.83. The van der Waals surface area contributed by atoms with Crippen molar-refractivity contribution in [3.8, 4) is 0 Å². The van der Waals surface area contributed by atoms with E-state index in [1.165, 1.54) is 12.1 Å². The summed E-state index contributed by atoms with van der Waals surface area (Å²) in [7, 11) is 0. The zero-order valence-electron chi connectivity index (χ0n) is 14.9. The van der Waals surface area contributed by atoms with Crippen molar-refractivity contribution in [2.75, 3.05) is 30.3 Å². The lowest BCUT2D eigenvalue weighted by molar-refractivity contribution is 0.0983. The molecule has 0 saturated carbocycles. The molecule has 7 nitrogen and oxygen atoms in total. The molecule has 3 rings (SSSR count). The molecule has 1 fully saturated rings. The van der Waals surface area contributed by atoms with Gasteiger partial charge in [0, 0.05) is 31.4 Å². The van der Waals surface area contributed by atoms with Crippen LogP contribution in [0.5, 0.6) is 0 Å². The van der Waals surface area contributed by atoms with Gasteiger partial charge in [0.25, 0.3) is 0 Å². The van der Waals surface area contributed by atoms with Crippen molar-refractivity contribution in [2.45, 2.75) is 25.8 Å². The van der Waals surface area contributed by atoms with Crippen LogP contribution in [-0.2, 0) is 4.74 Å². The van der Waals surface area contributed by atoms with E-state index in [2.05, 4.69) is 20.6 Å². The van der Waals surface area contributed by atoms with Gasteiger partial charge in [-0.1, -0.05) is 0 Å². The van der Waals surface area contributed by atoms with Crippen LogP contribution in [0.3, 0.4) is 0 Å². The van der Waals surface area contributed by atoms with E-state index >= 15 is 0 Å². The predicted octanol–water partition coefficient (Wildman–Crippen LogP) is 3.53. The molecule has 1 aromatic carbocycles. The van der Waals surface area contributed by atoms with Gasteiger partial charge in [-0.2, -0.15) is 4.98 Å². The summed E-state index contributed by atoms with van der Waals surface area (Å²) in [5.74, 6) is -0.550. The minimum Gasteiger partial charge on any atom is -0.450 e. The molecular formula is C18H21F2N5O2. The number of hydrogen-bond donors (Lipinski definition) is 2. The van der Waals surface area contributed by atoms with Crippen LogP contribution < -0.4 is 10.6 Å². The molecule has 1 amide bonds. The lowest BCUT2D eigenvalue weighted by atomic mass is 10.1. The molecule has 2 N–H and O–H groups in total. The lowest BCUT2D eigenvalue weighted by Gasteiger charge is -2.31. The first kappa shape index (κ1) is 18.8. The van der Waals surface area contributed by atoms with Crippen molar-refractivity contribution in [1.82, 2.24) is 14.9 Å². The molecule has 1 aliphatic rings. The molecule has 144 valence electrons. The number of carbonyl (C=O) groups is 1. The largest absolute Gasteiger partial charge is 0.450 e. The number of nitrogens with one attached hydrogen (secondary N) is 2. The molecule has 1 aliphatic heterocycles. The zero-order chi connectivity index (χ0) is 19.2. The summed E-state index contributed by atoms with van der Waals surface area (Å²) < 4.78 is 31.8. The Bertz CT molecular complexity index is 797. The van der Waals surface area contributed by atoms with Crippen molar-refractivity contribution in [1.29, 1.82) is 0 Å². The fraction of sp³-hybridized carbons (Fsp3) is 0.389. The summed E-state index contributed by atoms with van der Waals surface area (Å²) in [4.78, 5) is 21.9. The zero-order valence-corrected chi connectivity index (χ0v) is 14.9. The molecule has 0 spiro atoms. The molecule has 1 aromatic heterocycles. The topological polar surface area (TPSA) is 79.4 Å². The maximum absolute atomic E-state index is 13.8. The summed E-state index contributed by atoms with van der Waals surface area (Å²) in [6, 6.07) is 5.00. The summed E-state index contributed by atoms with van der Waals surface area (Å²) in [5.41, 5.74) is 0.129. The third kappa shape index (κ3) is 5.02. The molecule has 0 aliphatic carbocycles. The second-order valence-electron chi connectivity index (χ2n) is 6.12. The van der Waals surface area contributed by atoms with E-state index in [0.717, 1.165) is 18.9 Å². The van der Waals surface area contributed by atoms with E-state index in [0.29, 0.717) is 31.5 Å². The second-order valence-corrected chi connectivity index (χ2v) is 6.12. The molecule has 0 radical (unpaired) electrons. The van der Waals surface area contributed by atoms with E-state index in [9.17, 15) is 13.6 Å². The fourth-order valence-electron chi connectivity index (χ4n) is 2.83. The van der Waals surface area contributed by atoms with Gasteiger partial charge in [-0.25, -0.2) is 18.6 Å². The van der Waals surface area contributed by atoms with Crippen molar-refractivity contribution in [3.63, 3.8) is 0 Å². The van der Waals surface area contributed by atoms with Crippen LogP contribution in [0.4, 0.5) is 31.0 Å². The van der Waals surface area contributed by atoms with Crippen molar-refractivity contribution < 1.29 is 18.3 Å². The van der Waals surface area contributed by atoms with Gasteiger partial charge in [-0.05, 0) is 38.0 Å². The van der Waals surface area contributed by atoms with Crippen LogP contribution in [0.2, 0.25) is 0 Å². The van der Waals surface area contributed by atoms with Crippen LogP contribution in [0.15, 0.2) is 30.5 Å². The van der Waals surface area contributed by atoms with Crippen LogP contribution >= 0.6 is 0 Å². The summed E-state index contributed by atoms with van der Waals surface area (Å²) in [6.45, 7) is 3.33. The van der Waals surface area contributed by atoms with Gasteiger partial charge in [-0.3, -0.25) is 0 Å². The van der Waals surface area contributed by atoms with Gasteiger partial charge in [0.05, 0.1) is 12.3 Å². The SMILES string of the molecule is CCOC(=O)N1CCC(Nc2nccc(Nc3ccc(F)cc3F)n2)CC1. The molecule has 1 saturated heterocycles. The molecule has 2 aromatic rings. The molecule has 0 atom stereocenters. The number of ether oxygens (including phenoxy) is 1. The molecular weight excluding hydrogens is 356 g/mol. The molecule has 0 bridgehead atoms. The summed E-state index contributed by atoms with van der Waals surface area (Å²) in [5, 5.41) is 6.04. The highest BCUT2D eigenvalue weighted by Gasteiger charge is 2.23.